The van der Waals surface area contributed by atoms with Crippen molar-refractivity contribution in [2.45, 2.75) is 39.9 Å². The zero-order valence-corrected chi connectivity index (χ0v) is 42.6. The summed E-state index contributed by atoms with van der Waals surface area (Å²) in [5.74, 6) is 0.462. The molecule has 0 saturated heterocycles. The third kappa shape index (κ3) is 9.56. The fraction of sp³-hybridized carbons (Fsp3) is 0.117. The number of benzene rings is 7. The fourth-order valence-corrected chi connectivity index (χ4v) is 11.2. The molecule has 0 aliphatic rings. The van der Waals surface area contributed by atoms with Gasteiger partial charge in [-0.15, -0.1) is 48.0 Å². The number of imidazole rings is 1. The van der Waals surface area contributed by atoms with Crippen molar-refractivity contribution in [3.05, 3.63) is 212 Å². The largest absolute Gasteiger partial charge is 0.333 e. The van der Waals surface area contributed by atoms with E-state index in [9.17, 15) is 4.39 Å². The van der Waals surface area contributed by atoms with E-state index in [-0.39, 0.29) is 31.8 Å². The van der Waals surface area contributed by atoms with Crippen LogP contribution < -0.4 is 5.19 Å². The molecule has 0 saturated carbocycles. The third-order valence-corrected chi connectivity index (χ3v) is 14.9. The Morgan fingerprint density at radius 2 is 1.35 bits per heavy atom. The Morgan fingerprint density at radius 1 is 0.691 bits per heavy atom. The molecule has 4 nitrogen and oxygen atoms in total. The van der Waals surface area contributed by atoms with Crippen molar-refractivity contribution in [1.82, 2.24) is 19.5 Å². The average Bonchev–Trinajstić information content (AvgIpc) is 3.96. The monoisotopic (exact) mass is 1100 g/mol. The minimum atomic E-state index is -1.67. The second-order valence-electron chi connectivity index (χ2n) is 17.9. The normalized spacial score (nSPS) is 12.1. The molecule has 0 amide bonds. The molecule has 8 heteroatoms. The molecular weight excluding hydrogens is 1050 g/mol. The van der Waals surface area contributed by atoms with Crippen molar-refractivity contribution in [1.29, 1.82) is 0 Å². The van der Waals surface area contributed by atoms with Crippen LogP contribution in [0.4, 0.5) is 4.39 Å². The summed E-state index contributed by atoms with van der Waals surface area (Å²) in [6, 6.07) is 66.9. The summed E-state index contributed by atoms with van der Waals surface area (Å²) in [6.45, 7) is 10.6. The summed E-state index contributed by atoms with van der Waals surface area (Å²) < 4.78 is 34.4. The van der Waals surface area contributed by atoms with Crippen LogP contribution in [0.25, 0.3) is 93.2 Å². The summed E-state index contributed by atoms with van der Waals surface area (Å²) in [6.07, 6.45) is 0.528. The standard InChI is InChI=1S/C42H25FN3S.C18H24NSi.Ir/c43-31-19-15-29(16-20-31)33-23-24-35(40-39(33)34-25-26-36(45-42(34)47-40)30-11-5-2-6-12-30)41-44-37-13-7-8-14-38(37)46(41)32-21-17-28(18-22-32)27-9-3-1-4-10-27;1-14(2)11-16-12-17(15-9-7-6-8-10-15)19-13-18(16)20(3,4)5;/h1-23,25-26H;6-9,12-14H,11H2,1-5H3;/q2*-1;/i;11D2;. The smallest absolute Gasteiger partial charge is 0.123 e. The summed E-state index contributed by atoms with van der Waals surface area (Å²) in [4.78, 5) is 15.9. The molecule has 68 heavy (non-hydrogen) atoms. The van der Waals surface area contributed by atoms with Crippen LogP contribution in [0.5, 0.6) is 0 Å². The molecule has 0 aliphatic heterocycles. The van der Waals surface area contributed by atoms with Gasteiger partial charge < -0.3 is 9.55 Å². The van der Waals surface area contributed by atoms with E-state index >= 15 is 0 Å². The van der Waals surface area contributed by atoms with Gasteiger partial charge in [-0.25, -0.2) is 9.37 Å². The Balaban J connectivity index is 0.000000224. The van der Waals surface area contributed by atoms with Gasteiger partial charge in [0.1, 0.15) is 10.6 Å². The second-order valence-corrected chi connectivity index (χ2v) is 24.0. The molecule has 0 unspecified atom stereocenters. The number of pyridine rings is 2. The Labute approximate surface area is 419 Å². The number of hydrogen-bond donors (Lipinski definition) is 0. The molecule has 0 atom stereocenters. The van der Waals surface area contributed by atoms with Gasteiger partial charge in [-0.2, -0.15) is 11.3 Å². The van der Waals surface area contributed by atoms with E-state index in [0.29, 0.717) is 0 Å². The van der Waals surface area contributed by atoms with Gasteiger partial charge in [0.25, 0.3) is 0 Å². The number of rotatable bonds is 9. The van der Waals surface area contributed by atoms with Crippen molar-refractivity contribution in [2.24, 2.45) is 5.92 Å². The van der Waals surface area contributed by atoms with Gasteiger partial charge in [0.2, 0.25) is 0 Å². The van der Waals surface area contributed by atoms with E-state index in [2.05, 4.69) is 126 Å². The molecule has 0 spiro atoms. The molecule has 0 N–H and O–H groups in total. The summed E-state index contributed by atoms with van der Waals surface area (Å²) in [5, 5.41) is 3.22. The third-order valence-electron chi connectivity index (χ3n) is 11.8. The molecule has 11 aromatic rings. The molecule has 0 bridgehead atoms. The van der Waals surface area contributed by atoms with E-state index in [1.165, 1.54) is 17.7 Å². The van der Waals surface area contributed by atoms with E-state index in [4.69, 9.17) is 12.7 Å². The number of para-hydroxylation sites is 2. The summed E-state index contributed by atoms with van der Waals surface area (Å²) in [5.41, 5.74) is 12.6. The Bertz CT molecular complexity index is 3600. The zero-order chi connectivity index (χ0) is 47.9. The number of nitrogens with zero attached hydrogens (tertiary/aromatic N) is 4. The SMILES string of the molecule is Fc1ccc(-c2c[c-]c(-c3nc4ccccc4n3-c3ccc(-c4ccccc4)cc3)c3sc4nc(-c5ccccc5)ccc4c23)cc1.[2H]C([2H])(c1cc(-c2[c-]cccc2)ncc1[Si](C)(C)C)C(C)C.[Ir]. The molecule has 337 valence electrons. The van der Waals surface area contributed by atoms with Crippen molar-refractivity contribution in [3.8, 4) is 61.8 Å². The first-order valence-corrected chi connectivity index (χ1v) is 26.9. The van der Waals surface area contributed by atoms with Crippen LogP contribution in [0.2, 0.25) is 19.6 Å². The van der Waals surface area contributed by atoms with Crippen LogP contribution in [0.3, 0.4) is 0 Å². The average molecular weight is 1100 g/mol. The maximum atomic E-state index is 14.0. The number of fused-ring (bicyclic) bond motifs is 4. The molecule has 4 heterocycles. The van der Waals surface area contributed by atoms with E-state index < -0.39 is 14.4 Å². The predicted molar refractivity (Wildman–Crippen MR) is 282 cm³/mol. The van der Waals surface area contributed by atoms with Crippen molar-refractivity contribution >= 4 is 55.9 Å². The van der Waals surface area contributed by atoms with Gasteiger partial charge in [0, 0.05) is 45.7 Å². The van der Waals surface area contributed by atoms with Gasteiger partial charge >= 0.3 is 0 Å². The predicted octanol–water partition coefficient (Wildman–Crippen LogP) is 15.7. The van der Waals surface area contributed by atoms with Gasteiger partial charge in [-0.05, 0) is 81.5 Å². The number of halogens is 1. The van der Waals surface area contributed by atoms with Crippen molar-refractivity contribution < 1.29 is 27.2 Å². The van der Waals surface area contributed by atoms with Gasteiger partial charge in [0.15, 0.2) is 0 Å². The van der Waals surface area contributed by atoms with Crippen LogP contribution in [-0.4, -0.2) is 27.6 Å². The first-order valence-electron chi connectivity index (χ1n) is 23.6. The number of hydrogen-bond acceptors (Lipinski definition) is 4. The molecule has 4 aromatic heterocycles. The Kier molecular flexibility index (Phi) is 12.8. The van der Waals surface area contributed by atoms with Crippen LogP contribution in [0.15, 0.2) is 188 Å². The van der Waals surface area contributed by atoms with Crippen molar-refractivity contribution in [3.63, 3.8) is 0 Å². The maximum absolute atomic E-state index is 14.0. The van der Waals surface area contributed by atoms with Crippen LogP contribution >= 0.6 is 11.3 Å². The fourth-order valence-electron chi connectivity index (χ4n) is 8.57. The molecule has 0 fully saturated rings. The maximum Gasteiger partial charge on any atom is 0.123 e. The molecule has 11 rings (SSSR count). The first-order chi connectivity index (χ1) is 33.3. The quantitative estimate of drug-likeness (QED) is 0.107. The van der Waals surface area contributed by atoms with E-state index in [1.54, 1.807) is 11.3 Å². The van der Waals surface area contributed by atoms with Crippen LogP contribution in [-0.2, 0) is 26.5 Å². The Morgan fingerprint density at radius 3 is 2.04 bits per heavy atom. The summed E-state index contributed by atoms with van der Waals surface area (Å²) in [7, 11) is -1.67. The topological polar surface area (TPSA) is 43.6 Å². The van der Waals surface area contributed by atoms with Crippen LogP contribution in [0, 0.1) is 23.9 Å². The van der Waals surface area contributed by atoms with Gasteiger partial charge in [0.05, 0.1) is 30.6 Å². The zero-order valence-electron chi connectivity index (χ0n) is 40.4. The van der Waals surface area contributed by atoms with Gasteiger partial charge in [-0.3, -0.25) is 4.98 Å². The first kappa shape index (κ1) is 43.9. The van der Waals surface area contributed by atoms with Gasteiger partial charge in [-0.1, -0.05) is 170 Å². The minimum absolute atomic E-state index is 0. The van der Waals surface area contributed by atoms with Crippen LogP contribution in [0.1, 0.15) is 22.2 Å². The molecule has 0 aliphatic carbocycles. The molecule has 7 aromatic carbocycles. The number of thiophene rings is 1. The summed E-state index contributed by atoms with van der Waals surface area (Å²) >= 11 is 1.65. The van der Waals surface area contributed by atoms with E-state index in [1.807, 2.05) is 105 Å². The second kappa shape index (κ2) is 19.9. The number of aromatic nitrogens is 4. The minimum Gasteiger partial charge on any atom is -0.333 e. The molecular formula is C60H49FIrN4SSi-2. The van der Waals surface area contributed by atoms with E-state index in [0.717, 1.165) is 98.4 Å². The Hall–Kier alpha value is -6.67. The van der Waals surface area contributed by atoms with Crippen molar-refractivity contribution in [2.75, 3.05) is 0 Å². The molecule has 1 radical (unpaired) electrons.